The Bertz CT molecular complexity index is 591. The Morgan fingerprint density at radius 2 is 1.52 bits per heavy atom. The van der Waals surface area contributed by atoms with Crippen LogP contribution in [0.2, 0.25) is 0 Å². The van der Waals surface area contributed by atoms with E-state index in [-0.39, 0.29) is 12.0 Å². The van der Waals surface area contributed by atoms with Crippen LogP contribution in [0.5, 0.6) is 0 Å². The van der Waals surface area contributed by atoms with Crippen molar-refractivity contribution in [1.82, 2.24) is 14.7 Å². The van der Waals surface area contributed by atoms with E-state index >= 15 is 0 Å². The molecular weight excluding hydrogens is 342 g/mol. The Morgan fingerprint density at radius 1 is 0.963 bits per heavy atom. The molecular formula is C21H33N3O3. The first-order valence-corrected chi connectivity index (χ1v) is 10.1. The molecule has 2 fully saturated rings. The minimum Gasteiger partial charge on any atom is -0.390 e. The van der Waals surface area contributed by atoms with Gasteiger partial charge in [-0.1, -0.05) is 26.0 Å². The van der Waals surface area contributed by atoms with Crippen LogP contribution in [0.4, 0.5) is 0 Å². The van der Waals surface area contributed by atoms with E-state index in [0.29, 0.717) is 19.0 Å². The Balaban J connectivity index is 1.43. The summed E-state index contributed by atoms with van der Waals surface area (Å²) in [4.78, 5) is 19.2. The summed E-state index contributed by atoms with van der Waals surface area (Å²) in [6, 6.07) is 7.98. The summed E-state index contributed by atoms with van der Waals surface area (Å²) in [5.74, 6) is 0.584. The van der Waals surface area contributed by atoms with Crippen LogP contribution in [0.3, 0.4) is 0 Å². The Hall–Kier alpha value is -1.47. The fraction of sp³-hybridized carbons (Fsp3) is 0.667. The van der Waals surface area contributed by atoms with Gasteiger partial charge in [-0.15, -0.1) is 0 Å². The van der Waals surface area contributed by atoms with Crippen LogP contribution in [0.1, 0.15) is 35.7 Å². The quantitative estimate of drug-likeness (QED) is 0.811. The summed E-state index contributed by atoms with van der Waals surface area (Å²) in [5.41, 5.74) is 2.02. The summed E-state index contributed by atoms with van der Waals surface area (Å²) in [7, 11) is 0. The highest BCUT2D eigenvalue weighted by Gasteiger charge is 2.24. The van der Waals surface area contributed by atoms with Crippen molar-refractivity contribution in [1.29, 1.82) is 0 Å². The molecule has 2 aliphatic heterocycles. The number of morpholine rings is 1. The molecule has 150 valence electrons. The highest BCUT2D eigenvalue weighted by Crippen LogP contribution is 2.16. The van der Waals surface area contributed by atoms with E-state index in [0.717, 1.165) is 58.0 Å². The van der Waals surface area contributed by atoms with E-state index in [1.165, 1.54) is 5.56 Å². The van der Waals surface area contributed by atoms with E-state index < -0.39 is 0 Å². The van der Waals surface area contributed by atoms with Crippen molar-refractivity contribution in [2.75, 3.05) is 65.6 Å². The van der Waals surface area contributed by atoms with Crippen molar-refractivity contribution in [3.05, 3.63) is 35.4 Å². The van der Waals surface area contributed by atoms with Gasteiger partial charge in [0.05, 0.1) is 19.3 Å². The lowest BCUT2D eigenvalue weighted by atomic mass is 10.0. The zero-order valence-corrected chi connectivity index (χ0v) is 16.6. The number of aliphatic hydroxyl groups excluding tert-OH is 1. The molecule has 1 unspecified atom stereocenters. The maximum atomic E-state index is 12.7. The van der Waals surface area contributed by atoms with Crippen molar-refractivity contribution in [2.24, 2.45) is 0 Å². The molecule has 27 heavy (non-hydrogen) atoms. The highest BCUT2D eigenvalue weighted by atomic mass is 16.5. The molecule has 3 rings (SSSR count). The third-order valence-electron chi connectivity index (χ3n) is 5.53. The van der Waals surface area contributed by atoms with Gasteiger partial charge in [0.2, 0.25) is 0 Å². The molecule has 6 nitrogen and oxygen atoms in total. The fourth-order valence-corrected chi connectivity index (χ4v) is 3.76. The van der Waals surface area contributed by atoms with Crippen LogP contribution in [0, 0.1) is 0 Å². The number of hydrogen-bond donors (Lipinski definition) is 1. The third-order valence-corrected chi connectivity index (χ3v) is 5.53. The zero-order chi connectivity index (χ0) is 19.2. The molecule has 0 aliphatic carbocycles. The molecule has 1 atom stereocenters. The minimum absolute atomic E-state index is 0.110. The SMILES string of the molecule is CC(C)c1ccc(C(=O)N2CCN(CC(O)CN3CCOCC3)CC2)cc1. The molecule has 0 bridgehead atoms. The van der Waals surface area contributed by atoms with Crippen molar-refractivity contribution >= 4 is 5.91 Å². The lowest BCUT2D eigenvalue weighted by Gasteiger charge is -2.36. The minimum atomic E-state index is -0.353. The first-order valence-electron chi connectivity index (χ1n) is 10.1. The van der Waals surface area contributed by atoms with E-state index in [1.807, 2.05) is 17.0 Å². The number of carbonyl (C=O) groups is 1. The topological polar surface area (TPSA) is 56.2 Å². The van der Waals surface area contributed by atoms with Crippen LogP contribution < -0.4 is 0 Å². The smallest absolute Gasteiger partial charge is 0.253 e. The predicted molar refractivity (Wildman–Crippen MR) is 106 cm³/mol. The van der Waals surface area contributed by atoms with Crippen molar-refractivity contribution < 1.29 is 14.6 Å². The van der Waals surface area contributed by atoms with Gasteiger partial charge in [0.1, 0.15) is 0 Å². The summed E-state index contributed by atoms with van der Waals surface area (Å²) < 4.78 is 5.35. The first-order chi connectivity index (χ1) is 13.0. The number of nitrogens with zero attached hydrogens (tertiary/aromatic N) is 3. The largest absolute Gasteiger partial charge is 0.390 e. The first kappa shape index (κ1) is 20.3. The van der Waals surface area contributed by atoms with Gasteiger partial charge in [-0.25, -0.2) is 0 Å². The van der Waals surface area contributed by atoms with Crippen LogP contribution in [0.15, 0.2) is 24.3 Å². The second kappa shape index (κ2) is 9.64. The van der Waals surface area contributed by atoms with Crippen molar-refractivity contribution in [3.8, 4) is 0 Å². The van der Waals surface area contributed by atoms with Crippen molar-refractivity contribution in [3.63, 3.8) is 0 Å². The van der Waals surface area contributed by atoms with E-state index in [4.69, 9.17) is 4.74 Å². The fourth-order valence-electron chi connectivity index (χ4n) is 3.76. The number of ether oxygens (including phenoxy) is 1. The Labute approximate surface area is 162 Å². The number of hydrogen-bond acceptors (Lipinski definition) is 5. The molecule has 0 saturated carbocycles. The van der Waals surface area contributed by atoms with Gasteiger partial charge >= 0.3 is 0 Å². The lowest BCUT2D eigenvalue weighted by Crippen LogP contribution is -2.52. The monoisotopic (exact) mass is 375 g/mol. The van der Waals surface area contributed by atoms with Gasteiger partial charge in [-0.2, -0.15) is 0 Å². The molecule has 1 amide bonds. The maximum absolute atomic E-state index is 12.7. The highest BCUT2D eigenvalue weighted by molar-refractivity contribution is 5.94. The Kier molecular flexibility index (Phi) is 7.24. The van der Waals surface area contributed by atoms with Gasteiger partial charge in [0, 0.05) is 57.9 Å². The third kappa shape index (κ3) is 5.75. The zero-order valence-electron chi connectivity index (χ0n) is 16.6. The predicted octanol–water partition coefficient (Wildman–Crippen LogP) is 1.26. The summed E-state index contributed by atoms with van der Waals surface area (Å²) in [6.07, 6.45) is -0.353. The molecule has 1 aromatic carbocycles. The van der Waals surface area contributed by atoms with Crippen LogP contribution in [-0.2, 0) is 4.74 Å². The van der Waals surface area contributed by atoms with Crippen LogP contribution in [0.25, 0.3) is 0 Å². The molecule has 2 heterocycles. The molecule has 0 aromatic heterocycles. The van der Waals surface area contributed by atoms with Crippen molar-refractivity contribution in [2.45, 2.75) is 25.9 Å². The number of aliphatic hydroxyl groups is 1. The molecule has 1 aromatic rings. The van der Waals surface area contributed by atoms with E-state index in [1.54, 1.807) is 0 Å². The average Bonchev–Trinajstić information content (AvgIpc) is 2.69. The van der Waals surface area contributed by atoms with Crippen LogP contribution in [-0.4, -0.2) is 97.4 Å². The second-order valence-electron chi connectivity index (χ2n) is 7.94. The van der Waals surface area contributed by atoms with Gasteiger partial charge in [-0.05, 0) is 23.6 Å². The molecule has 6 heteroatoms. The number of carbonyl (C=O) groups excluding carboxylic acids is 1. The van der Waals surface area contributed by atoms with E-state index in [2.05, 4.69) is 35.8 Å². The molecule has 1 N–H and O–H groups in total. The number of amides is 1. The van der Waals surface area contributed by atoms with E-state index in [9.17, 15) is 9.90 Å². The number of piperazine rings is 1. The maximum Gasteiger partial charge on any atom is 0.253 e. The standard InChI is InChI=1S/C21H33N3O3/c1-17(2)18-3-5-19(6-4-18)21(26)24-9-7-22(8-10-24)15-20(25)16-23-11-13-27-14-12-23/h3-6,17,20,25H,7-16H2,1-2H3. The molecule has 0 radical (unpaired) electrons. The molecule has 2 saturated heterocycles. The van der Waals surface area contributed by atoms with Gasteiger partial charge < -0.3 is 14.7 Å². The molecule has 2 aliphatic rings. The number of β-amino-alcohol motifs (C(OH)–C–C–N with tert-alkyl or cyclic N) is 1. The van der Waals surface area contributed by atoms with Gasteiger partial charge in [0.15, 0.2) is 0 Å². The summed E-state index contributed by atoms with van der Waals surface area (Å²) in [5, 5.41) is 10.4. The number of benzene rings is 1. The summed E-state index contributed by atoms with van der Waals surface area (Å²) >= 11 is 0. The average molecular weight is 376 g/mol. The van der Waals surface area contributed by atoms with Gasteiger partial charge in [0.25, 0.3) is 5.91 Å². The van der Waals surface area contributed by atoms with Gasteiger partial charge in [-0.3, -0.25) is 14.6 Å². The molecule has 0 spiro atoms. The lowest BCUT2D eigenvalue weighted by molar-refractivity contribution is 0.00292. The normalized spacial score (nSPS) is 20.8. The second-order valence-corrected chi connectivity index (χ2v) is 7.94. The Morgan fingerprint density at radius 3 is 2.07 bits per heavy atom. The van der Waals surface area contributed by atoms with Crippen LogP contribution >= 0.6 is 0 Å². The summed E-state index contributed by atoms with van der Waals surface area (Å²) in [6.45, 7) is 12.1. The number of rotatable bonds is 6.